The molecule has 4 nitrogen and oxygen atoms in total. The Morgan fingerprint density at radius 1 is 1.19 bits per heavy atom. The predicted octanol–water partition coefficient (Wildman–Crippen LogP) is 4.52. The summed E-state index contributed by atoms with van der Waals surface area (Å²) in [6.07, 6.45) is 0. The van der Waals surface area contributed by atoms with Crippen LogP contribution in [0.1, 0.15) is 5.82 Å². The number of benzene rings is 1. The molecule has 0 saturated heterocycles. The molecule has 0 fully saturated rings. The van der Waals surface area contributed by atoms with Gasteiger partial charge < -0.3 is 9.72 Å². The van der Waals surface area contributed by atoms with Gasteiger partial charge in [0.1, 0.15) is 22.9 Å². The average molecular weight is 362 g/mol. The van der Waals surface area contributed by atoms with Gasteiger partial charge in [-0.05, 0) is 17.5 Å². The second kappa shape index (κ2) is 5.85. The summed E-state index contributed by atoms with van der Waals surface area (Å²) in [6.45, 7) is 0.0682. The Morgan fingerprint density at radius 2 is 1.95 bits per heavy atom. The number of aromatic nitrogens is 2. The Hall–Kier alpha value is -1.27. The van der Waals surface area contributed by atoms with Gasteiger partial charge in [-0.25, -0.2) is 4.98 Å². The van der Waals surface area contributed by atoms with Gasteiger partial charge in [-0.3, -0.25) is 4.79 Å². The number of nitrogens with zero attached hydrogens (tertiary/aromatic N) is 1. The SMILES string of the molecule is O=c1[nH]c(COc2cc(Cl)c(Cl)cc2Cl)nc2ccsc12. The summed E-state index contributed by atoms with van der Waals surface area (Å²) >= 11 is 19.1. The highest BCUT2D eigenvalue weighted by Crippen LogP contribution is 2.34. The summed E-state index contributed by atoms with van der Waals surface area (Å²) in [5.41, 5.74) is 0.455. The number of nitrogens with one attached hydrogen (secondary N) is 1. The van der Waals surface area contributed by atoms with Crippen molar-refractivity contribution in [2.24, 2.45) is 0 Å². The summed E-state index contributed by atoms with van der Waals surface area (Å²) in [5, 5.41) is 2.84. The molecular formula is C13H7Cl3N2O2S. The zero-order valence-electron chi connectivity index (χ0n) is 10.3. The first-order valence-corrected chi connectivity index (χ1v) is 7.79. The molecule has 0 spiro atoms. The van der Waals surface area contributed by atoms with E-state index in [2.05, 4.69) is 9.97 Å². The van der Waals surface area contributed by atoms with Gasteiger partial charge >= 0.3 is 0 Å². The number of fused-ring (bicyclic) bond motifs is 1. The molecule has 3 aromatic rings. The van der Waals surface area contributed by atoms with Crippen molar-refractivity contribution in [3.63, 3.8) is 0 Å². The molecule has 0 amide bonds. The average Bonchev–Trinajstić information content (AvgIpc) is 2.90. The monoisotopic (exact) mass is 360 g/mol. The first kappa shape index (κ1) is 14.7. The van der Waals surface area contributed by atoms with Crippen molar-refractivity contribution in [3.8, 4) is 5.75 Å². The van der Waals surface area contributed by atoms with Crippen molar-refractivity contribution >= 4 is 56.4 Å². The van der Waals surface area contributed by atoms with E-state index in [0.29, 0.717) is 36.9 Å². The van der Waals surface area contributed by atoms with E-state index >= 15 is 0 Å². The molecule has 8 heteroatoms. The van der Waals surface area contributed by atoms with E-state index in [1.54, 1.807) is 6.07 Å². The fourth-order valence-corrected chi connectivity index (χ4v) is 3.07. The van der Waals surface area contributed by atoms with E-state index in [4.69, 9.17) is 39.5 Å². The number of halogens is 3. The molecule has 3 rings (SSSR count). The molecule has 0 aliphatic carbocycles. The molecule has 0 radical (unpaired) electrons. The summed E-state index contributed by atoms with van der Waals surface area (Å²) in [7, 11) is 0. The van der Waals surface area contributed by atoms with Gasteiger partial charge in [0.05, 0.1) is 20.6 Å². The number of hydrogen-bond acceptors (Lipinski definition) is 4. The van der Waals surface area contributed by atoms with Crippen LogP contribution in [0.4, 0.5) is 0 Å². The molecule has 2 heterocycles. The molecule has 108 valence electrons. The fraction of sp³-hybridized carbons (Fsp3) is 0.0769. The lowest BCUT2D eigenvalue weighted by Crippen LogP contribution is -2.12. The fourth-order valence-electron chi connectivity index (χ4n) is 1.75. The number of rotatable bonds is 3. The second-order valence-corrected chi connectivity index (χ2v) is 6.27. The zero-order valence-corrected chi connectivity index (χ0v) is 13.4. The third kappa shape index (κ3) is 3.01. The van der Waals surface area contributed by atoms with Crippen molar-refractivity contribution in [2.45, 2.75) is 6.61 Å². The predicted molar refractivity (Wildman–Crippen MR) is 86.0 cm³/mol. The van der Waals surface area contributed by atoms with Gasteiger partial charge in [-0.1, -0.05) is 34.8 Å². The molecule has 21 heavy (non-hydrogen) atoms. The Bertz CT molecular complexity index is 875. The highest BCUT2D eigenvalue weighted by molar-refractivity contribution is 7.17. The van der Waals surface area contributed by atoms with E-state index in [-0.39, 0.29) is 12.2 Å². The van der Waals surface area contributed by atoms with Crippen molar-refractivity contribution in [1.82, 2.24) is 9.97 Å². The maximum absolute atomic E-state index is 11.8. The Morgan fingerprint density at radius 3 is 2.76 bits per heavy atom. The largest absolute Gasteiger partial charge is 0.484 e. The van der Waals surface area contributed by atoms with Crippen LogP contribution in [0.5, 0.6) is 5.75 Å². The van der Waals surface area contributed by atoms with E-state index in [0.717, 1.165) is 0 Å². The van der Waals surface area contributed by atoms with Gasteiger partial charge in [0.15, 0.2) is 0 Å². The third-order valence-corrected chi connectivity index (χ3v) is 4.62. The molecule has 2 aromatic heterocycles. The lowest BCUT2D eigenvalue weighted by atomic mass is 10.3. The quantitative estimate of drug-likeness (QED) is 0.698. The summed E-state index contributed by atoms with van der Waals surface area (Å²) < 4.78 is 6.12. The topological polar surface area (TPSA) is 55.0 Å². The van der Waals surface area contributed by atoms with Crippen LogP contribution in [-0.2, 0) is 6.61 Å². The molecule has 0 unspecified atom stereocenters. The maximum Gasteiger partial charge on any atom is 0.268 e. The minimum atomic E-state index is -0.186. The third-order valence-electron chi connectivity index (χ3n) is 2.70. The number of ether oxygens (including phenoxy) is 1. The van der Waals surface area contributed by atoms with E-state index in [1.165, 1.54) is 23.5 Å². The first-order valence-electron chi connectivity index (χ1n) is 5.78. The van der Waals surface area contributed by atoms with Crippen molar-refractivity contribution < 1.29 is 4.74 Å². The second-order valence-electron chi connectivity index (χ2n) is 4.13. The Balaban J connectivity index is 1.86. The molecule has 1 N–H and O–H groups in total. The van der Waals surface area contributed by atoms with Gasteiger partial charge in [0, 0.05) is 6.07 Å². The molecule has 0 aliphatic rings. The highest BCUT2D eigenvalue weighted by Gasteiger charge is 2.09. The summed E-state index contributed by atoms with van der Waals surface area (Å²) in [4.78, 5) is 18.8. The minimum Gasteiger partial charge on any atom is -0.484 e. The first-order chi connectivity index (χ1) is 10.0. The van der Waals surface area contributed by atoms with Crippen LogP contribution >= 0.6 is 46.1 Å². The normalized spacial score (nSPS) is 11.0. The summed E-state index contributed by atoms with van der Waals surface area (Å²) in [6, 6.07) is 4.80. The van der Waals surface area contributed by atoms with Crippen LogP contribution in [0.2, 0.25) is 15.1 Å². The number of aromatic amines is 1. The van der Waals surface area contributed by atoms with Crippen LogP contribution < -0.4 is 10.3 Å². The number of H-pyrrole nitrogens is 1. The molecule has 0 atom stereocenters. The van der Waals surface area contributed by atoms with E-state index in [9.17, 15) is 4.79 Å². The van der Waals surface area contributed by atoms with Crippen LogP contribution in [-0.4, -0.2) is 9.97 Å². The molecule has 1 aromatic carbocycles. The molecule has 0 saturated carbocycles. The maximum atomic E-state index is 11.8. The van der Waals surface area contributed by atoms with Crippen LogP contribution in [0.15, 0.2) is 28.4 Å². The van der Waals surface area contributed by atoms with Gasteiger partial charge in [-0.2, -0.15) is 0 Å². The lowest BCUT2D eigenvalue weighted by molar-refractivity contribution is 0.296. The Labute approximate surface area is 138 Å². The number of thiophene rings is 1. The zero-order chi connectivity index (χ0) is 15.0. The van der Waals surface area contributed by atoms with Crippen LogP contribution in [0, 0.1) is 0 Å². The molecule has 0 aliphatic heterocycles. The van der Waals surface area contributed by atoms with Crippen LogP contribution in [0.3, 0.4) is 0 Å². The minimum absolute atomic E-state index is 0.0682. The smallest absolute Gasteiger partial charge is 0.268 e. The van der Waals surface area contributed by atoms with Gasteiger partial charge in [0.25, 0.3) is 5.56 Å². The van der Waals surface area contributed by atoms with E-state index < -0.39 is 0 Å². The molecule has 0 bridgehead atoms. The highest BCUT2D eigenvalue weighted by atomic mass is 35.5. The molecular weight excluding hydrogens is 355 g/mol. The van der Waals surface area contributed by atoms with Gasteiger partial charge in [0.2, 0.25) is 0 Å². The lowest BCUT2D eigenvalue weighted by Gasteiger charge is -2.08. The van der Waals surface area contributed by atoms with E-state index in [1.807, 2.05) is 5.38 Å². The van der Waals surface area contributed by atoms with Gasteiger partial charge in [-0.15, -0.1) is 11.3 Å². The summed E-state index contributed by atoms with van der Waals surface area (Å²) in [5.74, 6) is 0.784. The number of hydrogen-bond donors (Lipinski definition) is 1. The van der Waals surface area contributed by atoms with Crippen molar-refractivity contribution in [2.75, 3.05) is 0 Å². The standard InChI is InChI=1S/C13H7Cl3N2O2S/c14-6-3-8(16)10(4-7(6)15)20-5-11-17-9-1-2-21-12(9)13(19)18-11/h1-4H,5H2,(H,17,18,19). The Kier molecular flexibility index (Phi) is 4.08. The van der Waals surface area contributed by atoms with Crippen molar-refractivity contribution in [3.05, 3.63) is 54.8 Å². The van der Waals surface area contributed by atoms with Crippen LogP contribution in [0.25, 0.3) is 10.2 Å². The van der Waals surface area contributed by atoms with Crippen molar-refractivity contribution in [1.29, 1.82) is 0 Å².